The van der Waals surface area contributed by atoms with Crippen LogP contribution in [-0.2, 0) is 0 Å². The number of allylic oxidation sites excluding steroid dienone is 1. The number of benzene rings is 3. The predicted octanol–water partition coefficient (Wildman–Crippen LogP) is 7.17. The summed E-state index contributed by atoms with van der Waals surface area (Å²) in [6.45, 7) is 3.86. The zero-order chi connectivity index (χ0) is 21.9. The van der Waals surface area contributed by atoms with Gasteiger partial charge in [-0.05, 0) is 66.9 Å². The molecule has 31 heavy (non-hydrogen) atoms. The Morgan fingerprint density at radius 1 is 0.742 bits per heavy atom. The first kappa shape index (κ1) is 22.8. The largest absolute Gasteiger partial charge is 0.492 e. The molecule has 0 radical (unpaired) electrons. The zero-order valence-corrected chi connectivity index (χ0v) is 19.2. The van der Waals surface area contributed by atoms with Crippen molar-refractivity contribution in [2.24, 2.45) is 0 Å². The van der Waals surface area contributed by atoms with Crippen LogP contribution in [0.4, 0.5) is 0 Å². The van der Waals surface area contributed by atoms with Gasteiger partial charge in [-0.15, -0.1) is 0 Å². The topological polar surface area (TPSA) is 12.5 Å². The van der Waals surface area contributed by atoms with E-state index in [1.807, 2.05) is 0 Å². The molecule has 0 aromatic heterocycles. The van der Waals surface area contributed by atoms with Crippen LogP contribution in [0.25, 0.3) is 11.1 Å². The molecule has 0 spiro atoms. The lowest BCUT2D eigenvalue weighted by Gasteiger charge is -2.18. The molecule has 0 fully saturated rings. The molecule has 162 valence electrons. The summed E-state index contributed by atoms with van der Waals surface area (Å²) >= 11 is 0. The minimum Gasteiger partial charge on any atom is -0.492 e. The van der Waals surface area contributed by atoms with Gasteiger partial charge in [-0.25, -0.2) is 0 Å². The highest BCUT2D eigenvalue weighted by atomic mass is 16.5. The molecular formula is C29H35NO. The van der Waals surface area contributed by atoms with Crippen molar-refractivity contribution in [1.82, 2.24) is 4.90 Å². The van der Waals surface area contributed by atoms with Crippen molar-refractivity contribution in [2.75, 3.05) is 27.2 Å². The van der Waals surface area contributed by atoms with Crippen LogP contribution in [0.3, 0.4) is 0 Å². The minimum atomic E-state index is 0.690. The van der Waals surface area contributed by atoms with Crippen LogP contribution in [0, 0.1) is 0 Å². The van der Waals surface area contributed by atoms with E-state index in [4.69, 9.17) is 4.74 Å². The first-order valence-corrected chi connectivity index (χ1v) is 11.4. The average Bonchev–Trinajstić information content (AvgIpc) is 2.80. The molecule has 3 aromatic rings. The summed E-state index contributed by atoms with van der Waals surface area (Å²) in [5, 5.41) is 0. The Labute approximate surface area is 188 Å². The van der Waals surface area contributed by atoms with Gasteiger partial charge in [0.25, 0.3) is 0 Å². The van der Waals surface area contributed by atoms with Gasteiger partial charge >= 0.3 is 0 Å². The maximum Gasteiger partial charge on any atom is 0.119 e. The van der Waals surface area contributed by atoms with Gasteiger partial charge < -0.3 is 9.64 Å². The van der Waals surface area contributed by atoms with E-state index < -0.39 is 0 Å². The monoisotopic (exact) mass is 413 g/mol. The maximum absolute atomic E-state index is 6.06. The SMILES string of the molecule is CCCCCC(=C(c1ccccc1)c1ccccc1)c1cccc(OCCN(C)C)c1. The second-order valence-electron chi connectivity index (χ2n) is 8.22. The third kappa shape index (κ3) is 6.83. The molecule has 2 nitrogen and oxygen atoms in total. The van der Waals surface area contributed by atoms with Crippen LogP contribution < -0.4 is 4.74 Å². The molecule has 0 atom stereocenters. The molecule has 2 heteroatoms. The van der Waals surface area contributed by atoms with Crippen LogP contribution in [-0.4, -0.2) is 32.1 Å². The van der Waals surface area contributed by atoms with Crippen molar-refractivity contribution in [2.45, 2.75) is 32.6 Å². The molecule has 3 rings (SSSR count). The smallest absolute Gasteiger partial charge is 0.119 e. The number of ether oxygens (including phenoxy) is 1. The maximum atomic E-state index is 6.06. The van der Waals surface area contributed by atoms with Gasteiger partial charge in [0.1, 0.15) is 12.4 Å². The van der Waals surface area contributed by atoms with Crippen LogP contribution in [0.5, 0.6) is 5.75 Å². The van der Waals surface area contributed by atoms with Crippen molar-refractivity contribution in [3.05, 3.63) is 102 Å². The fourth-order valence-electron chi connectivity index (χ4n) is 3.81. The van der Waals surface area contributed by atoms with Gasteiger partial charge in [0, 0.05) is 6.54 Å². The van der Waals surface area contributed by atoms with Gasteiger partial charge in [-0.3, -0.25) is 0 Å². The Hall–Kier alpha value is -2.84. The van der Waals surface area contributed by atoms with Crippen molar-refractivity contribution >= 4 is 11.1 Å². The molecule has 0 N–H and O–H groups in total. The highest BCUT2D eigenvalue weighted by molar-refractivity contribution is 5.98. The number of likely N-dealkylation sites (N-methyl/N-ethyl adjacent to an activating group) is 1. The van der Waals surface area contributed by atoms with Crippen molar-refractivity contribution in [3.63, 3.8) is 0 Å². The van der Waals surface area contributed by atoms with Gasteiger partial charge in [0.15, 0.2) is 0 Å². The molecule has 0 bridgehead atoms. The molecule has 0 aliphatic rings. The van der Waals surface area contributed by atoms with E-state index in [2.05, 4.69) is 111 Å². The standard InChI is InChI=1S/C29H35NO/c1-4-5-8-20-28(26-18-13-19-27(23-26)31-22-21-30(2)3)29(24-14-9-6-10-15-24)25-16-11-7-12-17-25/h6-7,9-19,23H,4-5,8,20-22H2,1-3H3. The number of unbranched alkanes of at least 4 members (excludes halogenated alkanes) is 2. The van der Waals surface area contributed by atoms with Crippen LogP contribution in [0.2, 0.25) is 0 Å². The predicted molar refractivity (Wildman–Crippen MR) is 133 cm³/mol. The number of rotatable bonds is 11. The first-order valence-electron chi connectivity index (χ1n) is 11.4. The third-order valence-corrected chi connectivity index (χ3v) is 5.45. The van der Waals surface area contributed by atoms with Gasteiger partial charge in [0.2, 0.25) is 0 Å². The lowest BCUT2D eigenvalue weighted by atomic mass is 9.87. The number of nitrogens with zero attached hydrogens (tertiary/aromatic N) is 1. The summed E-state index contributed by atoms with van der Waals surface area (Å²) in [7, 11) is 4.14. The first-order chi connectivity index (χ1) is 15.2. The average molecular weight is 414 g/mol. The van der Waals surface area contributed by atoms with E-state index in [1.165, 1.54) is 47.1 Å². The van der Waals surface area contributed by atoms with E-state index in [0.717, 1.165) is 18.7 Å². The molecule has 0 saturated heterocycles. The van der Waals surface area contributed by atoms with Crippen LogP contribution in [0.1, 0.15) is 49.3 Å². The van der Waals surface area contributed by atoms with E-state index in [9.17, 15) is 0 Å². The molecular weight excluding hydrogens is 378 g/mol. The molecule has 0 amide bonds. The highest BCUT2D eigenvalue weighted by Gasteiger charge is 2.14. The molecule has 3 aromatic carbocycles. The Balaban J connectivity index is 2.08. The Morgan fingerprint density at radius 3 is 1.94 bits per heavy atom. The molecule has 0 aliphatic heterocycles. The molecule has 0 saturated carbocycles. The van der Waals surface area contributed by atoms with Gasteiger partial charge in [-0.1, -0.05) is 92.6 Å². The Bertz CT molecular complexity index is 903. The van der Waals surface area contributed by atoms with Crippen LogP contribution >= 0.6 is 0 Å². The van der Waals surface area contributed by atoms with E-state index in [1.54, 1.807) is 0 Å². The minimum absolute atomic E-state index is 0.690. The summed E-state index contributed by atoms with van der Waals surface area (Å²) in [5.74, 6) is 0.938. The number of hydrogen-bond donors (Lipinski definition) is 0. The summed E-state index contributed by atoms with van der Waals surface area (Å²) in [6.07, 6.45) is 4.68. The van der Waals surface area contributed by atoms with Crippen molar-refractivity contribution in [3.8, 4) is 5.75 Å². The molecule has 0 aliphatic carbocycles. The van der Waals surface area contributed by atoms with E-state index >= 15 is 0 Å². The fourth-order valence-corrected chi connectivity index (χ4v) is 3.81. The molecule has 0 unspecified atom stereocenters. The van der Waals surface area contributed by atoms with Crippen LogP contribution in [0.15, 0.2) is 84.9 Å². The fraction of sp³-hybridized carbons (Fsp3) is 0.310. The Morgan fingerprint density at radius 2 is 1.35 bits per heavy atom. The Kier molecular flexibility index (Phi) is 8.93. The summed E-state index contributed by atoms with van der Waals surface area (Å²) in [6, 6.07) is 30.2. The van der Waals surface area contributed by atoms with Gasteiger partial charge in [-0.2, -0.15) is 0 Å². The van der Waals surface area contributed by atoms with E-state index in [0.29, 0.717) is 6.61 Å². The second kappa shape index (κ2) is 12.1. The normalized spacial score (nSPS) is 10.8. The quantitative estimate of drug-likeness (QED) is 0.244. The van der Waals surface area contributed by atoms with Gasteiger partial charge in [0.05, 0.1) is 0 Å². The summed E-state index contributed by atoms with van der Waals surface area (Å²) < 4.78 is 6.06. The van der Waals surface area contributed by atoms with Crippen molar-refractivity contribution < 1.29 is 4.74 Å². The second-order valence-corrected chi connectivity index (χ2v) is 8.22. The van der Waals surface area contributed by atoms with Crippen molar-refractivity contribution in [1.29, 1.82) is 0 Å². The third-order valence-electron chi connectivity index (χ3n) is 5.45. The summed E-state index contributed by atoms with van der Waals surface area (Å²) in [5.41, 5.74) is 6.49. The number of hydrogen-bond acceptors (Lipinski definition) is 2. The lowest BCUT2D eigenvalue weighted by molar-refractivity contribution is 0.261. The summed E-state index contributed by atoms with van der Waals surface area (Å²) in [4.78, 5) is 2.14. The molecule has 0 heterocycles. The lowest BCUT2D eigenvalue weighted by Crippen LogP contribution is -2.19. The zero-order valence-electron chi connectivity index (χ0n) is 19.2. The highest BCUT2D eigenvalue weighted by Crippen LogP contribution is 2.36. The van der Waals surface area contributed by atoms with E-state index in [-0.39, 0.29) is 0 Å².